The van der Waals surface area contributed by atoms with Crippen LogP contribution in [-0.4, -0.2) is 31.1 Å². The third-order valence-electron chi connectivity index (χ3n) is 4.24. The Morgan fingerprint density at radius 2 is 1.89 bits per heavy atom. The molecule has 0 aliphatic heterocycles. The van der Waals surface area contributed by atoms with E-state index in [4.69, 9.17) is 0 Å². The fourth-order valence-electron chi connectivity index (χ4n) is 2.94. The summed E-state index contributed by atoms with van der Waals surface area (Å²) in [6.07, 6.45) is 3.92. The Bertz CT molecular complexity index is 335. The van der Waals surface area contributed by atoms with Gasteiger partial charge >= 0.3 is 0 Å². The van der Waals surface area contributed by atoms with Crippen molar-refractivity contribution in [1.82, 2.24) is 0 Å². The molecule has 1 aliphatic carbocycles. The van der Waals surface area contributed by atoms with Gasteiger partial charge in [-0.15, -0.1) is 0 Å². The van der Waals surface area contributed by atoms with Gasteiger partial charge in [-0.2, -0.15) is 0 Å². The molecule has 0 aromatic heterocycles. The molecular weight excluding hydrogens is 248 g/mol. The van der Waals surface area contributed by atoms with Crippen molar-refractivity contribution in [2.75, 3.05) is 11.5 Å². The molecule has 3 atom stereocenters. The predicted molar refractivity (Wildman–Crippen MR) is 75.2 cm³/mol. The van der Waals surface area contributed by atoms with Gasteiger partial charge in [-0.05, 0) is 49.9 Å². The summed E-state index contributed by atoms with van der Waals surface area (Å²) in [5, 5.41) is 10.0. The summed E-state index contributed by atoms with van der Waals surface area (Å²) in [5.74, 6) is 1.98. The van der Waals surface area contributed by atoms with E-state index in [-0.39, 0.29) is 23.5 Å². The standard InChI is InChI=1S/C14H28O3S/c1-4-8-18(16,17)9-7-13-10-12(11(2)3)5-6-14(13)15/h11-15H,4-10H2,1-3H3. The number of aliphatic hydroxyl groups is 1. The van der Waals surface area contributed by atoms with Crippen LogP contribution >= 0.6 is 0 Å². The van der Waals surface area contributed by atoms with Crippen molar-refractivity contribution in [3.05, 3.63) is 0 Å². The van der Waals surface area contributed by atoms with E-state index in [0.717, 1.165) is 19.3 Å². The summed E-state index contributed by atoms with van der Waals surface area (Å²) in [7, 11) is -2.90. The van der Waals surface area contributed by atoms with Crippen LogP contribution in [0.15, 0.2) is 0 Å². The van der Waals surface area contributed by atoms with Crippen LogP contribution in [0.3, 0.4) is 0 Å². The molecule has 0 radical (unpaired) electrons. The minimum absolute atomic E-state index is 0.179. The normalized spacial score (nSPS) is 29.7. The van der Waals surface area contributed by atoms with Crippen molar-refractivity contribution in [1.29, 1.82) is 0 Å². The lowest BCUT2D eigenvalue weighted by Gasteiger charge is -2.35. The van der Waals surface area contributed by atoms with Crippen LogP contribution < -0.4 is 0 Å². The molecule has 1 fully saturated rings. The number of hydrogen-bond acceptors (Lipinski definition) is 3. The van der Waals surface area contributed by atoms with Gasteiger partial charge < -0.3 is 5.11 Å². The smallest absolute Gasteiger partial charge is 0.150 e. The van der Waals surface area contributed by atoms with Gasteiger partial charge in [-0.25, -0.2) is 8.42 Å². The number of sulfone groups is 1. The van der Waals surface area contributed by atoms with Crippen molar-refractivity contribution in [3.63, 3.8) is 0 Å². The second-order valence-corrected chi connectivity index (χ2v) is 8.39. The summed E-state index contributed by atoms with van der Waals surface area (Å²) < 4.78 is 23.4. The van der Waals surface area contributed by atoms with E-state index in [0.29, 0.717) is 24.7 Å². The molecule has 0 spiro atoms. The van der Waals surface area contributed by atoms with Crippen LogP contribution in [0, 0.1) is 17.8 Å². The molecule has 0 amide bonds. The first-order chi connectivity index (χ1) is 8.35. The molecular formula is C14H28O3S. The Balaban J connectivity index is 2.49. The maximum Gasteiger partial charge on any atom is 0.150 e. The molecule has 108 valence electrons. The largest absolute Gasteiger partial charge is 0.393 e. The molecule has 4 heteroatoms. The third kappa shape index (κ3) is 4.88. The highest BCUT2D eigenvalue weighted by Gasteiger charge is 2.31. The van der Waals surface area contributed by atoms with E-state index < -0.39 is 9.84 Å². The molecule has 0 aromatic rings. The van der Waals surface area contributed by atoms with E-state index in [9.17, 15) is 13.5 Å². The first-order valence-corrected chi connectivity index (χ1v) is 9.06. The molecule has 1 rings (SSSR count). The van der Waals surface area contributed by atoms with Crippen LogP contribution in [-0.2, 0) is 9.84 Å². The highest BCUT2D eigenvalue weighted by atomic mass is 32.2. The molecule has 0 bridgehead atoms. The van der Waals surface area contributed by atoms with Gasteiger partial charge in [0.05, 0.1) is 11.9 Å². The summed E-state index contributed by atoms with van der Waals surface area (Å²) in [5.41, 5.74) is 0. The fraction of sp³-hybridized carbons (Fsp3) is 1.00. The maximum absolute atomic E-state index is 11.7. The Labute approximate surface area is 112 Å². The maximum atomic E-state index is 11.7. The van der Waals surface area contributed by atoms with Crippen LogP contribution in [0.5, 0.6) is 0 Å². The minimum atomic E-state index is -2.90. The molecule has 18 heavy (non-hydrogen) atoms. The second kappa shape index (κ2) is 6.90. The zero-order valence-corrected chi connectivity index (χ0v) is 12.7. The Kier molecular flexibility index (Phi) is 6.12. The molecule has 1 aliphatic rings. The second-order valence-electron chi connectivity index (χ2n) is 6.09. The molecule has 3 nitrogen and oxygen atoms in total. The van der Waals surface area contributed by atoms with E-state index >= 15 is 0 Å². The number of rotatable bonds is 6. The SMILES string of the molecule is CCCS(=O)(=O)CCC1CC(C(C)C)CCC1O. The van der Waals surface area contributed by atoms with Crippen LogP contribution in [0.4, 0.5) is 0 Å². The average molecular weight is 276 g/mol. The average Bonchev–Trinajstić information content (AvgIpc) is 2.27. The molecule has 1 N–H and O–H groups in total. The molecule has 1 saturated carbocycles. The summed E-state index contributed by atoms with van der Waals surface area (Å²) >= 11 is 0. The van der Waals surface area contributed by atoms with Crippen LogP contribution in [0.1, 0.15) is 52.9 Å². The van der Waals surface area contributed by atoms with E-state index in [1.165, 1.54) is 0 Å². The van der Waals surface area contributed by atoms with Crippen LogP contribution in [0.2, 0.25) is 0 Å². The highest BCUT2D eigenvalue weighted by Crippen LogP contribution is 2.35. The van der Waals surface area contributed by atoms with Gasteiger partial charge in [-0.3, -0.25) is 0 Å². The zero-order chi connectivity index (χ0) is 13.8. The van der Waals surface area contributed by atoms with E-state index in [1.54, 1.807) is 0 Å². The number of aliphatic hydroxyl groups excluding tert-OH is 1. The highest BCUT2D eigenvalue weighted by molar-refractivity contribution is 7.91. The van der Waals surface area contributed by atoms with Gasteiger partial charge in [0.15, 0.2) is 0 Å². The van der Waals surface area contributed by atoms with Crippen molar-refractivity contribution < 1.29 is 13.5 Å². The summed E-state index contributed by atoms with van der Waals surface area (Å²) in [6.45, 7) is 6.32. The van der Waals surface area contributed by atoms with E-state index in [1.807, 2.05) is 6.92 Å². The third-order valence-corrected chi connectivity index (χ3v) is 6.13. The molecule has 0 heterocycles. The van der Waals surface area contributed by atoms with Gasteiger partial charge in [0.25, 0.3) is 0 Å². The Morgan fingerprint density at radius 1 is 1.22 bits per heavy atom. The summed E-state index contributed by atoms with van der Waals surface area (Å²) in [6, 6.07) is 0. The first-order valence-electron chi connectivity index (χ1n) is 7.24. The zero-order valence-electron chi connectivity index (χ0n) is 11.9. The quantitative estimate of drug-likeness (QED) is 0.811. The lowest BCUT2D eigenvalue weighted by atomic mass is 9.74. The topological polar surface area (TPSA) is 54.4 Å². The minimum Gasteiger partial charge on any atom is -0.393 e. The van der Waals surface area contributed by atoms with Crippen LogP contribution in [0.25, 0.3) is 0 Å². The van der Waals surface area contributed by atoms with Crippen molar-refractivity contribution in [3.8, 4) is 0 Å². The Hall–Kier alpha value is -0.0900. The first kappa shape index (κ1) is 16.0. The van der Waals surface area contributed by atoms with Gasteiger partial charge in [-0.1, -0.05) is 20.8 Å². The van der Waals surface area contributed by atoms with Gasteiger partial charge in [0.2, 0.25) is 0 Å². The van der Waals surface area contributed by atoms with Crippen molar-refractivity contribution in [2.45, 2.75) is 59.0 Å². The molecule has 0 aromatic carbocycles. The fourth-order valence-corrected chi connectivity index (χ4v) is 4.43. The van der Waals surface area contributed by atoms with E-state index in [2.05, 4.69) is 13.8 Å². The summed E-state index contributed by atoms with van der Waals surface area (Å²) in [4.78, 5) is 0. The lowest BCUT2D eigenvalue weighted by Crippen LogP contribution is -2.32. The van der Waals surface area contributed by atoms with Crippen molar-refractivity contribution >= 4 is 9.84 Å². The van der Waals surface area contributed by atoms with Crippen molar-refractivity contribution in [2.24, 2.45) is 17.8 Å². The predicted octanol–water partition coefficient (Wildman–Crippen LogP) is 2.63. The molecule has 0 saturated heterocycles. The molecule has 3 unspecified atom stereocenters. The van der Waals surface area contributed by atoms with Gasteiger partial charge in [0.1, 0.15) is 9.84 Å². The van der Waals surface area contributed by atoms with Gasteiger partial charge in [0, 0.05) is 5.75 Å². The lowest BCUT2D eigenvalue weighted by molar-refractivity contribution is 0.0363. The Morgan fingerprint density at radius 3 is 2.44 bits per heavy atom. The monoisotopic (exact) mass is 276 g/mol. The number of hydrogen-bond donors (Lipinski definition) is 1.